The summed E-state index contributed by atoms with van der Waals surface area (Å²) < 4.78 is 0.463. The molecule has 2 aromatic carbocycles. The van der Waals surface area contributed by atoms with E-state index in [2.05, 4.69) is 17.4 Å². The van der Waals surface area contributed by atoms with Crippen LogP contribution in [0.25, 0.3) is 0 Å². The molecule has 120 valence electrons. The first kappa shape index (κ1) is 16.4. The molecule has 1 fully saturated rings. The molecule has 2 aromatic rings. The van der Waals surface area contributed by atoms with E-state index in [9.17, 15) is 4.79 Å². The minimum atomic E-state index is -1.06. The molecular formula is C18H20N2OS2. The molecule has 23 heavy (non-hydrogen) atoms. The van der Waals surface area contributed by atoms with Crippen LogP contribution >= 0.6 is 23.5 Å². The highest BCUT2D eigenvalue weighted by molar-refractivity contribution is 8.19. The molecule has 1 heterocycles. The van der Waals surface area contributed by atoms with Crippen LogP contribution in [0, 0.1) is 0 Å². The number of hydrogen-bond acceptors (Lipinski definition) is 4. The van der Waals surface area contributed by atoms with Crippen molar-refractivity contribution in [2.24, 2.45) is 5.73 Å². The summed E-state index contributed by atoms with van der Waals surface area (Å²) in [5, 5.41) is 2.96. The molecule has 0 saturated carbocycles. The predicted octanol–water partition coefficient (Wildman–Crippen LogP) is 3.98. The number of thioether (sulfide) groups is 2. The monoisotopic (exact) mass is 344 g/mol. The number of nitrogens with one attached hydrogen (secondary N) is 1. The third-order valence-corrected chi connectivity index (χ3v) is 6.99. The van der Waals surface area contributed by atoms with E-state index >= 15 is 0 Å². The molecule has 1 saturated heterocycles. The molecule has 1 amide bonds. The van der Waals surface area contributed by atoms with Gasteiger partial charge in [-0.3, -0.25) is 4.79 Å². The third kappa shape index (κ3) is 3.74. The molecule has 3 nitrogen and oxygen atoms in total. The second kappa shape index (κ2) is 6.99. The Morgan fingerprint density at radius 1 is 1.13 bits per heavy atom. The molecule has 0 spiro atoms. The van der Waals surface area contributed by atoms with Crippen molar-refractivity contribution >= 4 is 35.1 Å². The van der Waals surface area contributed by atoms with Crippen molar-refractivity contribution in [1.29, 1.82) is 0 Å². The smallest absolute Gasteiger partial charge is 0.248 e. The van der Waals surface area contributed by atoms with Crippen LogP contribution in [0.2, 0.25) is 0 Å². The molecule has 1 aliphatic rings. The van der Waals surface area contributed by atoms with Crippen molar-refractivity contribution in [2.75, 3.05) is 16.8 Å². The van der Waals surface area contributed by atoms with E-state index in [1.54, 1.807) is 6.92 Å². The highest BCUT2D eigenvalue weighted by atomic mass is 32.2. The van der Waals surface area contributed by atoms with E-state index in [-0.39, 0.29) is 5.91 Å². The van der Waals surface area contributed by atoms with Crippen molar-refractivity contribution in [3.63, 3.8) is 0 Å². The molecule has 0 aliphatic carbocycles. The van der Waals surface area contributed by atoms with Gasteiger partial charge in [-0.05, 0) is 30.2 Å². The van der Waals surface area contributed by atoms with E-state index in [0.29, 0.717) is 4.58 Å². The highest BCUT2D eigenvalue weighted by Gasteiger charge is 2.30. The average molecular weight is 345 g/mol. The lowest BCUT2D eigenvalue weighted by atomic mass is 9.92. The molecule has 1 atom stereocenters. The normalized spacial score (nSPS) is 17.7. The van der Waals surface area contributed by atoms with Gasteiger partial charge in [-0.2, -0.15) is 0 Å². The first-order chi connectivity index (χ1) is 11.1. The predicted molar refractivity (Wildman–Crippen MR) is 101 cm³/mol. The molecule has 1 aliphatic heterocycles. The summed E-state index contributed by atoms with van der Waals surface area (Å²) in [5.41, 5.74) is 8.05. The van der Waals surface area contributed by atoms with E-state index in [4.69, 9.17) is 5.73 Å². The zero-order valence-electron chi connectivity index (χ0n) is 13.0. The molecular weight excluding hydrogens is 324 g/mol. The lowest BCUT2D eigenvalue weighted by molar-refractivity contribution is -0.120. The Morgan fingerprint density at radius 3 is 2.52 bits per heavy atom. The van der Waals surface area contributed by atoms with Crippen LogP contribution < -0.4 is 11.1 Å². The van der Waals surface area contributed by atoms with Gasteiger partial charge in [0, 0.05) is 17.2 Å². The van der Waals surface area contributed by atoms with Crippen molar-refractivity contribution < 1.29 is 4.79 Å². The number of carbonyl (C=O) groups excluding carboxylic acids is 1. The van der Waals surface area contributed by atoms with Crippen molar-refractivity contribution in [3.05, 3.63) is 65.7 Å². The summed E-state index contributed by atoms with van der Waals surface area (Å²) in [5.74, 6) is 2.16. The Morgan fingerprint density at radius 2 is 1.83 bits per heavy atom. The van der Waals surface area contributed by atoms with Gasteiger partial charge in [0.05, 0.1) is 4.58 Å². The Balaban J connectivity index is 1.76. The maximum atomic E-state index is 12.6. The van der Waals surface area contributed by atoms with Crippen molar-refractivity contribution in [2.45, 2.75) is 17.0 Å². The summed E-state index contributed by atoms with van der Waals surface area (Å²) in [4.78, 5) is 12.6. The number of benzene rings is 2. The van der Waals surface area contributed by atoms with Gasteiger partial charge in [0.25, 0.3) is 0 Å². The van der Waals surface area contributed by atoms with Crippen LogP contribution in [0.3, 0.4) is 0 Å². The topological polar surface area (TPSA) is 55.1 Å². The minimum absolute atomic E-state index is 0.201. The quantitative estimate of drug-likeness (QED) is 0.881. The molecule has 0 aromatic heterocycles. The van der Waals surface area contributed by atoms with E-state index in [1.807, 2.05) is 66.0 Å². The molecule has 1 unspecified atom stereocenters. The van der Waals surface area contributed by atoms with E-state index in [0.717, 1.165) is 11.3 Å². The van der Waals surface area contributed by atoms with Crippen LogP contribution in [-0.4, -0.2) is 17.4 Å². The fourth-order valence-corrected chi connectivity index (χ4v) is 5.33. The summed E-state index contributed by atoms with van der Waals surface area (Å²) in [6.45, 7) is 1.74. The number of carbonyl (C=O) groups is 1. The lowest BCUT2D eigenvalue weighted by Gasteiger charge is -2.24. The summed E-state index contributed by atoms with van der Waals surface area (Å²) in [7, 11) is 0. The largest absolute Gasteiger partial charge is 0.324 e. The fourth-order valence-electron chi connectivity index (χ4n) is 2.49. The molecule has 0 radical (unpaired) electrons. The number of rotatable bonds is 4. The second-order valence-corrected chi connectivity index (χ2v) is 8.45. The van der Waals surface area contributed by atoms with Gasteiger partial charge in [0.15, 0.2) is 0 Å². The minimum Gasteiger partial charge on any atom is -0.324 e. The van der Waals surface area contributed by atoms with E-state index < -0.39 is 5.54 Å². The maximum Gasteiger partial charge on any atom is 0.248 e. The maximum absolute atomic E-state index is 12.6. The Bertz CT molecular complexity index is 682. The summed E-state index contributed by atoms with van der Waals surface area (Å²) in [6.07, 6.45) is 0. The SMILES string of the molecule is CC(N)(C(=O)Nc1cccc(C2SCCS2)c1)c1ccccc1. The first-order valence-corrected chi connectivity index (χ1v) is 9.66. The van der Waals surface area contributed by atoms with Gasteiger partial charge in [0.1, 0.15) is 5.54 Å². The zero-order chi connectivity index (χ0) is 16.3. The van der Waals surface area contributed by atoms with Gasteiger partial charge >= 0.3 is 0 Å². The summed E-state index contributed by atoms with van der Waals surface area (Å²) in [6, 6.07) is 17.5. The third-order valence-electron chi connectivity index (χ3n) is 3.88. The Hall–Kier alpha value is -1.43. The Kier molecular flexibility index (Phi) is 4.99. The first-order valence-electron chi connectivity index (χ1n) is 7.56. The number of anilines is 1. The average Bonchev–Trinajstić information content (AvgIpc) is 3.10. The second-order valence-electron chi connectivity index (χ2n) is 5.72. The number of nitrogens with two attached hydrogens (primary N) is 1. The van der Waals surface area contributed by atoms with E-state index in [1.165, 1.54) is 17.1 Å². The standard InChI is InChI=1S/C18H20N2OS2/c1-18(19,14-7-3-2-4-8-14)17(21)20-15-9-5-6-13(12-15)16-22-10-11-23-16/h2-9,12,16H,10-11,19H2,1H3,(H,20,21). The van der Waals surface area contributed by atoms with Gasteiger partial charge in [-0.1, -0.05) is 42.5 Å². The van der Waals surface area contributed by atoms with Crippen LogP contribution in [0.15, 0.2) is 54.6 Å². The number of hydrogen-bond donors (Lipinski definition) is 2. The van der Waals surface area contributed by atoms with Crippen molar-refractivity contribution in [3.8, 4) is 0 Å². The van der Waals surface area contributed by atoms with Gasteiger partial charge < -0.3 is 11.1 Å². The molecule has 3 N–H and O–H groups in total. The molecule has 5 heteroatoms. The van der Waals surface area contributed by atoms with Crippen LogP contribution in [0.4, 0.5) is 5.69 Å². The zero-order valence-corrected chi connectivity index (χ0v) is 14.6. The summed E-state index contributed by atoms with van der Waals surface area (Å²) >= 11 is 3.90. The van der Waals surface area contributed by atoms with Crippen LogP contribution in [-0.2, 0) is 10.3 Å². The molecule has 0 bridgehead atoms. The Labute approximate surface area is 145 Å². The van der Waals surface area contributed by atoms with Gasteiger partial charge in [-0.25, -0.2) is 0 Å². The molecule has 3 rings (SSSR count). The van der Waals surface area contributed by atoms with Crippen LogP contribution in [0.1, 0.15) is 22.6 Å². The van der Waals surface area contributed by atoms with Crippen molar-refractivity contribution in [1.82, 2.24) is 0 Å². The lowest BCUT2D eigenvalue weighted by Crippen LogP contribution is -2.45. The highest BCUT2D eigenvalue weighted by Crippen LogP contribution is 2.45. The number of amides is 1. The van der Waals surface area contributed by atoms with Gasteiger partial charge in [-0.15, -0.1) is 23.5 Å². The van der Waals surface area contributed by atoms with Gasteiger partial charge in [0.2, 0.25) is 5.91 Å². The van der Waals surface area contributed by atoms with Crippen LogP contribution in [0.5, 0.6) is 0 Å². The fraction of sp³-hybridized carbons (Fsp3) is 0.278.